The molecule has 4 nitrogen and oxygen atoms in total. The normalized spacial score (nSPS) is 17.0. The van der Waals surface area contributed by atoms with Gasteiger partial charge in [0.05, 0.1) is 0 Å². The van der Waals surface area contributed by atoms with Crippen LogP contribution in [0, 0.1) is 5.92 Å². The molecule has 0 atom stereocenters. The number of hydrogen-bond acceptors (Lipinski definition) is 3. The Balaban J connectivity index is 0.00000162. The summed E-state index contributed by atoms with van der Waals surface area (Å²) in [6.45, 7) is 0.826. The van der Waals surface area contributed by atoms with Crippen molar-refractivity contribution in [2.45, 2.75) is 12.8 Å². The van der Waals surface area contributed by atoms with Gasteiger partial charge in [-0.1, -0.05) is 6.07 Å². The van der Waals surface area contributed by atoms with E-state index in [2.05, 4.69) is 15.3 Å². The van der Waals surface area contributed by atoms with Gasteiger partial charge >= 0.3 is 0 Å². The molecular formula is C12H19IN4S. The molecule has 0 spiro atoms. The Morgan fingerprint density at radius 2 is 2.22 bits per heavy atom. The van der Waals surface area contributed by atoms with Gasteiger partial charge in [-0.05, 0) is 42.4 Å². The molecule has 0 radical (unpaired) electrons. The topological polar surface area (TPSA) is 63.3 Å². The zero-order chi connectivity index (χ0) is 11.9. The minimum atomic E-state index is 0. The number of thioether (sulfide) groups is 1. The zero-order valence-corrected chi connectivity index (χ0v) is 13.4. The molecule has 1 aromatic heterocycles. The molecule has 2 heterocycles. The molecule has 0 aromatic carbocycles. The number of pyridine rings is 1. The number of nitrogens with zero attached hydrogens (tertiary/aromatic N) is 2. The molecule has 6 heteroatoms. The van der Waals surface area contributed by atoms with Crippen LogP contribution in [0.25, 0.3) is 0 Å². The molecule has 0 aliphatic carbocycles. The van der Waals surface area contributed by atoms with Crippen LogP contribution in [0.4, 0.5) is 5.82 Å². The molecule has 0 amide bonds. The van der Waals surface area contributed by atoms with Crippen molar-refractivity contribution in [3.63, 3.8) is 0 Å². The lowest BCUT2D eigenvalue weighted by Gasteiger charge is -2.19. The first-order valence-electron chi connectivity index (χ1n) is 5.90. The van der Waals surface area contributed by atoms with Gasteiger partial charge in [0.25, 0.3) is 0 Å². The van der Waals surface area contributed by atoms with Gasteiger partial charge in [-0.15, -0.1) is 24.0 Å². The maximum atomic E-state index is 5.82. The summed E-state index contributed by atoms with van der Waals surface area (Å²) in [6.07, 6.45) is 4.24. The number of halogens is 1. The third kappa shape index (κ3) is 5.43. The number of aliphatic imine (C=N–C) groups is 1. The Morgan fingerprint density at radius 1 is 1.44 bits per heavy atom. The van der Waals surface area contributed by atoms with Crippen LogP contribution >= 0.6 is 35.7 Å². The SMILES string of the molecule is I.NC(=NCC1CCSCC1)Nc1ccccn1. The van der Waals surface area contributed by atoms with Gasteiger partial charge in [-0.25, -0.2) is 4.98 Å². The van der Waals surface area contributed by atoms with Crippen LogP contribution in [0.15, 0.2) is 29.4 Å². The number of hydrogen-bond donors (Lipinski definition) is 2. The molecule has 1 aliphatic heterocycles. The number of guanidine groups is 1. The Morgan fingerprint density at radius 3 is 2.89 bits per heavy atom. The molecule has 0 unspecified atom stereocenters. The van der Waals surface area contributed by atoms with Gasteiger partial charge in [0.2, 0.25) is 0 Å². The largest absolute Gasteiger partial charge is 0.370 e. The van der Waals surface area contributed by atoms with Gasteiger partial charge in [-0.3, -0.25) is 4.99 Å². The number of nitrogens with one attached hydrogen (secondary N) is 1. The van der Waals surface area contributed by atoms with Crippen molar-refractivity contribution in [1.29, 1.82) is 0 Å². The summed E-state index contributed by atoms with van der Waals surface area (Å²) >= 11 is 2.03. The van der Waals surface area contributed by atoms with Crippen LogP contribution in [0.3, 0.4) is 0 Å². The fraction of sp³-hybridized carbons (Fsp3) is 0.500. The second kappa shape index (κ2) is 8.58. The van der Waals surface area contributed by atoms with E-state index in [4.69, 9.17) is 5.73 Å². The molecule has 18 heavy (non-hydrogen) atoms. The Labute approximate surface area is 129 Å². The minimum Gasteiger partial charge on any atom is -0.370 e. The van der Waals surface area contributed by atoms with E-state index in [1.807, 2.05) is 30.0 Å². The van der Waals surface area contributed by atoms with Crippen LogP contribution < -0.4 is 11.1 Å². The maximum Gasteiger partial charge on any atom is 0.194 e. The van der Waals surface area contributed by atoms with Crippen molar-refractivity contribution in [2.75, 3.05) is 23.4 Å². The molecule has 2 rings (SSSR count). The second-order valence-corrected chi connectivity index (χ2v) is 5.35. The van der Waals surface area contributed by atoms with E-state index in [1.54, 1.807) is 6.20 Å². The van der Waals surface area contributed by atoms with E-state index >= 15 is 0 Å². The monoisotopic (exact) mass is 378 g/mol. The zero-order valence-electron chi connectivity index (χ0n) is 10.2. The smallest absolute Gasteiger partial charge is 0.194 e. The van der Waals surface area contributed by atoms with E-state index in [0.717, 1.165) is 12.4 Å². The summed E-state index contributed by atoms with van der Waals surface area (Å²) in [4.78, 5) is 8.52. The van der Waals surface area contributed by atoms with Gasteiger partial charge in [-0.2, -0.15) is 11.8 Å². The molecule has 1 aliphatic rings. The van der Waals surface area contributed by atoms with E-state index in [0.29, 0.717) is 11.9 Å². The average Bonchev–Trinajstić information content (AvgIpc) is 2.39. The molecule has 3 N–H and O–H groups in total. The predicted octanol–water partition coefficient (Wildman–Crippen LogP) is 2.57. The molecule has 1 aromatic rings. The van der Waals surface area contributed by atoms with Crippen molar-refractivity contribution in [2.24, 2.45) is 16.6 Å². The highest BCUT2D eigenvalue weighted by molar-refractivity contribution is 14.0. The first-order chi connectivity index (χ1) is 8.34. The highest BCUT2D eigenvalue weighted by Crippen LogP contribution is 2.22. The summed E-state index contributed by atoms with van der Waals surface area (Å²) < 4.78 is 0. The highest BCUT2D eigenvalue weighted by Gasteiger charge is 2.12. The number of rotatable bonds is 3. The lowest BCUT2D eigenvalue weighted by molar-refractivity contribution is 0.503. The Bertz CT molecular complexity index is 366. The number of anilines is 1. The number of nitrogens with two attached hydrogens (primary N) is 1. The fourth-order valence-corrected chi connectivity index (χ4v) is 2.97. The van der Waals surface area contributed by atoms with Crippen LogP contribution in [-0.2, 0) is 0 Å². The summed E-state index contributed by atoms with van der Waals surface area (Å²) in [6, 6.07) is 5.67. The minimum absolute atomic E-state index is 0. The van der Waals surface area contributed by atoms with Crippen molar-refractivity contribution in [1.82, 2.24) is 4.98 Å². The standard InChI is InChI=1S/C12H18N4S.HI/c13-12(16-11-3-1-2-6-14-11)15-9-10-4-7-17-8-5-10;/h1-3,6,10H,4-5,7-9H2,(H3,13,14,15,16);1H. The molecular weight excluding hydrogens is 359 g/mol. The quantitative estimate of drug-likeness (QED) is 0.482. The fourth-order valence-electron chi connectivity index (χ4n) is 1.76. The molecule has 1 fully saturated rings. The molecule has 100 valence electrons. The summed E-state index contributed by atoms with van der Waals surface area (Å²) in [7, 11) is 0. The molecule has 1 saturated heterocycles. The average molecular weight is 378 g/mol. The third-order valence-electron chi connectivity index (χ3n) is 2.78. The lowest BCUT2D eigenvalue weighted by Crippen LogP contribution is -2.25. The third-order valence-corrected chi connectivity index (χ3v) is 3.83. The van der Waals surface area contributed by atoms with Gasteiger partial charge in [0, 0.05) is 12.7 Å². The Hall–Kier alpha value is -0.500. The predicted molar refractivity (Wildman–Crippen MR) is 89.8 cm³/mol. The van der Waals surface area contributed by atoms with Crippen molar-refractivity contribution in [3.05, 3.63) is 24.4 Å². The van der Waals surface area contributed by atoms with E-state index in [1.165, 1.54) is 24.3 Å². The van der Waals surface area contributed by atoms with Crippen LogP contribution in [0.2, 0.25) is 0 Å². The first-order valence-corrected chi connectivity index (χ1v) is 7.06. The second-order valence-electron chi connectivity index (χ2n) is 4.12. The Kier molecular flexibility index (Phi) is 7.41. The van der Waals surface area contributed by atoms with Crippen molar-refractivity contribution < 1.29 is 0 Å². The highest BCUT2D eigenvalue weighted by atomic mass is 127. The van der Waals surface area contributed by atoms with Gasteiger partial charge in [0.15, 0.2) is 5.96 Å². The van der Waals surface area contributed by atoms with Crippen molar-refractivity contribution >= 4 is 47.5 Å². The van der Waals surface area contributed by atoms with Crippen LogP contribution in [0.1, 0.15) is 12.8 Å². The first kappa shape index (κ1) is 15.6. The number of aromatic nitrogens is 1. The van der Waals surface area contributed by atoms with Crippen molar-refractivity contribution in [3.8, 4) is 0 Å². The summed E-state index contributed by atoms with van der Waals surface area (Å²) in [5, 5.41) is 2.99. The van der Waals surface area contributed by atoms with E-state index < -0.39 is 0 Å². The lowest BCUT2D eigenvalue weighted by atomic mass is 10.0. The molecule has 0 bridgehead atoms. The van der Waals surface area contributed by atoms with E-state index in [9.17, 15) is 0 Å². The van der Waals surface area contributed by atoms with Crippen LogP contribution in [0.5, 0.6) is 0 Å². The van der Waals surface area contributed by atoms with Crippen LogP contribution in [-0.4, -0.2) is 29.0 Å². The summed E-state index contributed by atoms with van der Waals surface area (Å²) in [5.41, 5.74) is 5.82. The van der Waals surface area contributed by atoms with E-state index in [-0.39, 0.29) is 24.0 Å². The van der Waals surface area contributed by atoms with Gasteiger partial charge in [0.1, 0.15) is 5.82 Å². The summed E-state index contributed by atoms with van der Waals surface area (Å²) in [5.74, 6) is 4.41. The molecule has 0 saturated carbocycles. The van der Waals surface area contributed by atoms with Gasteiger partial charge < -0.3 is 11.1 Å². The maximum absolute atomic E-state index is 5.82.